The van der Waals surface area contributed by atoms with Gasteiger partial charge in [0.2, 0.25) is 0 Å². The predicted octanol–water partition coefficient (Wildman–Crippen LogP) is 4.05. The summed E-state index contributed by atoms with van der Waals surface area (Å²) in [5.41, 5.74) is 1.95. The second-order valence-corrected chi connectivity index (χ2v) is 7.12. The van der Waals surface area contributed by atoms with Gasteiger partial charge in [-0.2, -0.15) is 0 Å². The number of rotatable bonds is 4. The fraction of sp³-hybridized carbons (Fsp3) is 0.647. The second-order valence-electron chi connectivity index (χ2n) is 7.12. The molecule has 2 nitrogen and oxygen atoms in total. The Bertz CT molecular complexity index is 464. The monoisotopic (exact) mass is 275 g/mol. The highest BCUT2D eigenvalue weighted by molar-refractivity contribution is 6.82. The summed E-state index contributed by atoms with van der Waals surface area (Å²) in [6, 6.07) is 8.48. The smallest absolute Gasteiger partial charge is 0.270 e. The van der Waals surface area contributed by atoms with Gasteiger partial charge in [-0.05, 0) is 34.6 Å². The van der Waals surface area contributed by atoms with Crippen LogP contribution in [0.15, 0.2) is 24.3 Å². The van der Waals surface area contributed by atoms with E-state index in [0.29, 0.717) is 0 Å². The number of hydrogen-bond acceptors (Lipinski definition) is 2. The van der Waals surface area contributed by atoms with Crippen LogP contribution in [0.25, 0.3) is 0 Å². The minimum atomic E-state index is -1.39. The van der Waals surface area contributed by atoms with E-state index >= 15 is 0 Å². The Kier molecular flexibility index (Phi) is 4.05. The topological polar surface area (TPSA) is 18.5 Å². The molecule has 1 aromatic carbocycles. The van der Waals surface area contributed by atoms with Crippen molar-refractivity contribution in [3.63, 3.8) is 0 Å². The number of hydrogen-bond donors (Lipinski definition) is 0. The van der Waals surface area contributed by atoms with Crippen molar-refractivity contribution in [2.24, 2.45) is 0 Å². The zero-order chi connectivity index (χ0) is 15.0. The van der Waals surface area contributed by atoms with Crippen molar-refractivity contribution in [2.45, 2.75) is 71.9 Å². The highest BCUT2D eigenvalue weighted by atomic mass is 16.7. The van der Waals surface area contributed by atoms with E-state index in [1.807, 2.05) is 0 Å². The average Bonchev–Trinajstić information content (AvgIpc) is 2.54. The Labute approximate surface area is 123 Å². The van der Waals surface area contributed by atoms with Crippen LogP contribution in [0.2, 0.25) is 6.32 Å². The van der Waals surface area contributed by atoms with Gasteiger partial charge in [-0.15, -0.1) is 11.8 Å². The minimum absolute atomic E-state index is 0.275. The van der Waals surface area contributed by atoms with E-state index in [1.165, 1.54) is 11.0 Å². The molecule has 1 aliphatic rings. The molecular formula is C17H28BO2-. The van der Waals surface area contributed by atoms with Gasteiger partial charge in [0.05, 0.1) is 0 Å². The summed E-state index contributed by atoms with van der Waals surface area (Å²) in [5, 5.41) is 0. The molecule has 1 fully saturated rings. The molecule has 0 N–H and O–H groups in total. The molecule has 1 heterocycles. The zero-order valence-electron chi connectivity index (χ0n) is 13.8. The maximum absolute atomic E-state index is 6.56. The third-order valence-electron chi connectivity index (χ3n) is 5.02. The molecule has 0 atom stereocenters. The van der Waals surface area contributed by atoms with Crippen molar-refractivity contribution in [3.8, 4) is 0 Å². The quantitative estimate of drug-likeness (QED) is 0.772. The van der Waals surface area contributed by atoms with E-state index in [4.69, 9.17) is 9.31 Å². The van der Waals surface area contributed by atoms with E-state index in [1.54, 1.807) is 0 Å². The summed E-state index contributed by atoms with van der Waals surface area (Å²) in [6.07, 6.45) is 3.25. The first-order valence-corrected chi connectivity index (χ1v) is 7.86. The summed E-state index contributed by atoms with van der Waals surface area (Å²) in [5.74, 6) is 0. The minimum Gasteiger partial charge on any atom is -0.558 e. The van der Waals surface area contributed by atoms with Crippen LogP contribution in [-0.2, 0) is 9.31 Å². The zero-order valence-corrected chi connectivity index (χ0v) is 13.8. The lowest BCUT2D eigenvalue weighted by atomic mass is 9.47. The lowest BCUT2D eigenvalue weighted by Crippen LogP contribution is -2.52. The number of unbranched alkanes of at least 4 members (excludes halogenated alkanes) is 1. The maximum atomic E-state index is 6.56. The van der Waals surface area contributed by atoms with Gasteiger partial charge < -0.3 is 9.31 Å². The molecule has 112 valence electrons. The fourth-order valence-electron chi connectivity index (χ4n) is 3.21. The molecule has 1 aromatic rings. The number of benzene rings is 1. The first-order chi connectivity index (χ1) is 9.24. The third-order valence-corrected chi connectivity index (χ3v) is 5.02. The van der Waals surface area contributed by atoms with Crippen LogP contribution >= 0.6 is 0 Å². The molecule has 3 heteroatoms. The molecule has 0 unspecified atom stereocenters. The van der Waals surface area contributed by atoms with Crippen molar-refractivity contribution in [3.05, 3.63) is 29.8 Å². The van der Waals surface area contributed by atoms with E-state index in [9.17, 15) is 0 Å². The first kappa shape index (κ1) is 15.6. The van der Waals surface area contributed by atoms with Crippen molar-refractivity contribution in [2.75, 3.05) is 0 Å². The molecule has 0 aromatic heterocycles. The highest BCUT2D eigenvalue weighted by Crippen LogP contribution is 2.43. The molecule has 1 aliphatic heterocycles. The fourth-order valence-corrected chi connectivity index (χ4v) is 3.21. The van der Waals surface area contributed by atoms with E-state index in [2.05, 4.69) is 65.8 Å². The predicted molar refractivity (Wildman–Crippen MR) is 86.6 cm³/mol. The molecule has 20 heavy (non-hydrogen) atoms. The molecule has 0 aliphatic carbocycles. The van der Waals surface area contributed by atoms with Gasteiger partial charge in [0, 0.05) is 11.2 Å². The van der Waals surface area contributed by atoms with Gasteiger partial charge in [0.15, 0.2) is 0 Å². The van der Waals surface area contributed by atoms with Gasteiger partial charge in [-0.25, -0.2) is 0 Å². The van der Waals surface area contributed by atoms with Gasteiger partial charge in [-0.1, -0.05) is 49.6 Å². The van der Waals surface area contributed by atoms with E-state index < -0.39 is 6.55 Å². The third kappa shape index (κ3) is 2.54. The largest absolute Gasteiger partial charge is 0.558 e. The van der Waals surface area contributed by atoms with Crippen LogP contribution in [0.3, 0.4) is 0 Å². The molecule has 0 radical (unpaired) electrons. The Morgan fingerprint density at radius 2 is 1.55 bits per heavy atom. The summed E-state index contributed by atoms with van der Waals surface area (Å²) in [6.45, 7) is 11.5. The van der Waals surface area contributed by atoms with Crippen LogP contribution in [0.1, 0.15) is 53.0 Å². The van der Waals surface area contributed by atoms with Gasteiger partial charge in [-0.3, -0.25) is 0 Å². The van der Waals surface area contributed by atoms with E-state index in [-0.39, 0.29) is 11.2 Å². The van der Waals surface area contributed by atoms with Gasteiger partial charge in [0.25, 0.3) is 6.55 Å². The van der Waals surface area contributed by atoms with Crippen molar-refractivity contribution in [1.82, 2.24) is 0 Å². The Morgan fingerprint density at radius 1 is 1.00 bits per heavy atom. The lowest BCUT2D eigenvalue weighted by Gasteiger charge is -2.39. The molecule has 0 amide bonds. The highest BCUT2D eigenvalue weighted by Gasteiger charge is 2.51. The summed E-state index contributed by atoms with van der Waals surface area (Å²) < 4.78 is 13.1. The summed E-state index contributed by atoms with van der Waals surface area (Å²) in [4.78, 5) is 0. The van der Waals surface area contributed by atoms with Crippen LogP contribution in [-0.4, -0.2) is 17.8 Å². The van der Waals surface area contributed by atoms with Gasteiger partial charge >= 0.3 is 0 Å². The first-order valence-electron chi connectivity index (χ1n) is 7.86. The average molecular weight is 275 g/mol. The molecule has 2 rings (SSSR count). The summed E-state index contributed by atoms with van der Waals surface area (Å²) >= 11 is 0. The standard InChI is InChI=1S/C17H28BO2/c1-7-8-13-18(15-12-10-9-11-14(15)2)19-16(3,4)17(5,6)20-18/h9-12H,7-8,13H2,1-6H3/q-1. The molecule has 1 saturated heterocycles. The van der Waals surface area contributed by atoms with Crippen LogP contribution in [0.4, 0.5) is 0 Å². The Morgan fingerprint density at radius 3 is 2.05 bits per heavy atom. The Balaban J connectivity index is 2.47. The van der Waals surface area contributed by atoms with Crippen molar-refractivity contribution < 1.29 is 9.31 Å². The maximum Gasteiger partial charge on any atom is 0.270 e. The van der Waals surface area contributed by atoms with Crippen LogP contribution in [0, 0.1) is 6.92 Å². The lowest BCUT2D eigenvalue weighted by molar-refractivity contribution is 0.00578. The SMILES string of the molecule is CCCC[B-]1(c2ccccc2C)OC(C)(C)C(C)(C)O1. The second kappa shape index (κ2) is 5.20. The van der Waals surface area contributed by atoms with Crippen molar-refractivity contribution >= 4 is 12.0 Å². The summed E-state index contributed by atoms with van der Waals surface area (Å²) in [7, 11) is 0. The molecule has 0 bridgehead atoms. The number of aryl methyl sites for hydroxylation is 1. The van der Waals surface area contributed by atoms with Crippen LogP contribution in [0.5, 0.6) is 0 Å². The van der Waals surface area contributed by atoms with Gasteiger partial charge in [0.1, 0.15) is 0 Å². The van der Waals surface area contributed by atoms with Crippen LogP contribution < -0.4 is 5.46 Å². The molecule has 0 spiro atoms. The van der Waals surface area contributed by atoms with Crippen molar-refractivity contribution in [1.29, 1.82) is 0 Å². The normalized spacial score (nSPS) is 22.9. The molecular weight excluding hydrogens is 247 g/mol. The van der Waals surface area contributed by atoms with E-state index in [0.717, 1.165) is 19.2 Å². The molecule has 0 saturated carbocycles. The Hall–Kier alpha value is -0.795.